The maximum atomic E-state index is 12.6. The third kappa shape index (κ3) is 2.46. The number of ether oxygens (including phenoxy) is 1. The molecule has 0 aromatic carbocycles. The zero-order valence-electron chi connectivity index (χ0n) is 10.9. The summed E-state index contributed by atoms with van der Waals surface area (Å²) in [5.41, 5.74) is 0.781. The van der Waals surface area contributed by atoms with Crippen LogP contribution in [0.2, 0.25) is 5.02 Å². The molecule has 2 rings (SSSR count). The molecule has 19 heavy (non-hydrogen) atoms. The van der Waals surface area contributed by atoms with Crippen molar-refractivity contribution in [2.75, 3.05) is 7.11 Å². The smallest absolute Gasteiger partial charge is 0.216 e. The zero-order valence-corrected chi connectivity index (χ0v) is 11.7. The van der Waals surface area contributed by atoms with Crippen molar-refractivity contribution >= 4 is 17.4 Å². The molecule has 0 fully saturated rings. The van der Waals surface area contributed by atoms with Gasteiger partial charge in [0.2, 0.25) is 5.78 Å². The van der Waals surface area contributed by atoms with Crippen molar-refractivity contribution in [1.82, 2.24) is 14.8 Å². The predicted octanol–water partition coefficient (Wildman–Crippen LogP) is 2.75. The molecule has 100 valence electrons. The summed E-state index contributed by atoms with van der Waals surface area (Å²) < 4.78 is 6.75. The van der Waals surface area contributed by atoms with Crippen LogP contribution < -0.4 is 4.74 Å². The number of pyridine rings is 1. The van der Waals surface area contributed by atoms with Gasteiger partial charge in [-0.3, -0.25) is 14.5 Å². The lowest BCUT2D eigenvalue weighted by Gasteiger charge is -2.12. The van der Waals surface area contributed by atoms with Gasteiger partial charge in [0.15, 0.2) is 0 Å². The maximum absolute atomic E-state index is 12.6. The van der Waals surface area contributed by atoms with Gasteiger partial charge in [0.25, 0.3) is 0 Å². The lowest BCUT2D eigenvalue weighted by molar-refractivity contribution is 0.102. The summed E-state index contributed by atoms with van der Waals surface area (Å²) >= 11 is 6.07. The molecule has 0 aliphatic rings. The molecule has 2 aromatic rings. The van der Waals surface area contributed by atoms with Crippen LogP contribution in [0, 0.1) is 0 Å². The van der Waals surface area contributed by atoms with Gasteiger partial charge in [0.1, 0.15) is 11.4 Å². The topological polar surface area (TPSA) is 57.0 Å². The van der Waals surface area contributed by atoms with Crippen LogP contribution in [0.25, 0.3) is 0 Å². The average molecular weight is 280 g/mol. The highest BCUT2D eigenvalue weighted by molar-refractivity contribution is 6.34. The molecule has 0 saturated carbocycles. The van der Waals surface area contributed by atoms with Crippen LogP contribution in [-0.2, 0) is 0 Å². The van der Waals surface area contributed by atoms with Gasteiger partial charge in [0.05, 0.1) is 30.1 Å². The van der Waals surface area contributed by atoms with Crippen molar-refractivity contribution in [3.63, 3.8) is 0 Å². The number of methoxy groups -OCH3 is 1. The van der Waals surface area contributed by atoms with Gasteiger partial charge in [-0.1, -0.05) is 11.6 Å². The van der Waals surface area contributed by atoms with Gasteiger partial charge in [-0.25, -0.2) is 0 Å². The summed E-state index contributed by atoms with van der Waals surface area (Å²) in [4.78, 5) is 16.5. The van der Waals surface area contributed by atoms with Crippen molar-refractivity contribution in [1.29, 1.82) is 0 Å². The Morgan fingerprint density at radius 1 is 1.42 bits per heavy atom. The molecule has 6 heteroatoms. The molecule has 0 bridgehead atoms. The lowest BCUT2D eigenvalue weighted by Crippen LogP contribution is -2.14. The van der Waals surface area contributed by atoms with Gasteiger partial charge >= 0.3 is 0 Å². The van der Waals surface area contributed by atoms with E-state index in [0.717, 1.165) is 0 Å². The Balaban J connectivity index is 2.53. The molecule has 0 aliphatic heterocycles. The largest absolute Gasteiger partial charge is 0.494 e. The van der Waals surface area contributed by atoms with Crippen LogP contribution in [-0.4, -0.2) is 27.7 Å². The van der Waals surface area contributed by atoms with Gasteiger partial charge in [-0.15, -0.1) is 0 Å². The Kier molecular flexibility index (Phi) is 3.85. The van der Waals surface area contributed by atoms with Crippen LogP contribution in [0.4, 0.5) is 0 Å². The molecule has 0 aliphatic carbocycles. The Bertz CT molecular complexity index is 608. The van der Waals surface area contributed by atoms with E-state index in [1.165, 1.54) is 19.5 Å². The number of carbonyl (C=O) groups excluding carboxylic acids is 1. The summed E-state index contributed by atoms with van der Waals surface area (Å²) in [6, 6.07) is 1.65. The first kappa shape index (κ1) is 13.5. The second kappa shape index (κ2) is 5.40. The highest BCUT2D eigenvalue weighted by Gasteiger charge is 2.23. The SMILES string of the molecule is COc1cnccc1C(=O)c1c(Cl)cnn1C(C)C. The Hall–Kier alpha value is -1.88. The average Bonchev–Trinajstić information content (AvgIpc) is 2.80. The summed E-state index contributed by atoms with van der Waals surface area (Å²) in [6.45, 7) is 3.87. The minimum Gasteiger partial charge on any atom is -0.494 e. The normalized spacial score (nSPS) is 10.8. The lowest BCUT2D eigenvalue weighted by atomic mass is 10.1. The fourth-order valence-electron chi connectivity index (χ4n) is 1.80. The van der Waals surface area contributed by atoms with E-state index in [2.05, 4.69) is 10.1 Å². The quantitative estimate of drug-likeness (QED) is 0.808. The third-order valence-corrected chi connectivity index (χ3v) is 2.98. The zero-order chi connectivity index (χ0) is 14.0. The second-order valence-electron chi connectivity index (χ2n) is 4.28. The Labute approximate surface area is 116 Å². The molecule has 0 amide bonds. The minimum absolute atomic E-state index is 0.0410. The van der Waals surface area contributed by atoms with E-state index in [1.807, 2.05) is 13.8 Å². The van der Waals surface area contributed by atoms with Crippen LogP contribution in [0.5, 0.6) is 5.75 Å². The molecule has 5 nitrogen and oxygen atoms in total. The van der Waals surface area contributed by atoms with E-state index >= 15 is 0 Å². The molecule has 0 N–H and O–H groups in total. The minimum atomic E-state index is -0.226. The van der Waals surface area contributed by atoms with Gasteiger partial charge < -0.3 is 4.74 Å². The van der Waals surface area contributed by atoms with E-state index in [0.29, 0.717) is 22.0 Å². The van der Waals surface area contributed by atoms with Crippen LogP contribution >= 0.6 is 11.6 Å². The number of aromatic nitrogens is 3. The monoisotopic (exact) mass is 279 g/mol. The maximum Gasteiger partial charge on any atom is 0.216 e. The number of hydrogen-bond acceptors (Lipinski definition) is 4. The molecule has 0 atom stereocenters. The van der Waals surface area contributed by atoms with E-state index in [9.17, 15) is 4.79 Å². The fraction of sp³-hybridized carbons (Fsp3) is 0.308. The summed E-state index contributed by atoms with van der Waals surface area (Å²) in [5.74, 6) is 0.190. The standard InChI is InChI=1S/C13H14ClN3O2/c1-8(2)17-12(10(14)6-16-17)13(18)9-4-5-15-7-11(9)19-3/h4-8H,1-3H3. The molecule has 0 spiro atoms. The number of hydrogen-bond donors (Lipinski definition) is 0. The number of ketones is 1. The van der Waals surface area contributed by atoms with E-state index in [-0.39, 0.29) is 11.8 Å². The van der Waals surface area contributed by atoms with E-state index in [1.54, 1.807) is 16.9 Å². The first-order valence-electron chi connectivity index (χ1n) is 5.82. The highest BCUT2D eigenvalue weighted by atomic mass is 35.5. The van der Waals surface area contributed by atoms with E-state index < -0.39 is 0 Å². The van der Waals surface area contributed by atoms with Crippen molar-refractivity contribution in [2.24, 2.45) is 0 Å². The predicted molar refractivity (Wildman–Crippen MR) is 71.8 cm³/mol. The summed E-state index contributed by atoms with van der Waals surface area (Å²) in [6.07, 6.45) is 4.51. The number of nitrogens with zero attached hydrogens (tertiary/aromatic N) is 3. The highest BCUT2D eigenvalue weighted by Crippen LogP contribution is 2.25. The van der Waals surface area contributed by atoms with Gasteiger partial charge in [0, 0.05) is 12.2 Å². The number of halogens is 1. The van der Waals surface area contributed by atoms with Crippen molar-refractivity contribution < 1.29 is 9.53 Å². The molecule has 0 radical (unpaired) electrons. The first-order chi connectivity index (χ1) is 9.06. The fourth-order valence-corrected chi connectivity index (χ4v) is 2.02. The van der Waals surface area contributed by atoms with Crippen molar-refractivity contribution in [3.8, 4) is 5.75 Å². The van der Waals surface area contributed by atoms with Crippen LogP contribution in [0.3, 0.4) is 0 Å². The summed E-state index contributed by atoms with van der Waals surface area (Å²) in [5, 5.41) is 4.46. The Morgan fingerprint density at radius 3 is 2.79 bits per heavy atom. The molecular weight excluding hydrogens is 266 g/mol. The number of carbonyl (C=O) groups is 1. The first-order valence-corrected chi connectivity index (χ1v) is 6.19. The van der Waals surface area contributed by atoms with Crippen LogP contribution in [0.15, 0.2) is 24.7 Å². The van der Waals surface area contributed by atoms with Gasteiger partial charge in [-0.05, 0) is 19.9 Å². The van der Waals surface area contributed by atoms with Gasteiger partial charge in [-0.2, -0.15) is 5.10 Å². The van der Waals surface area contributed by atoms with Crippen LogP contribution in [0.1, 0.15) is 35.9 Å². The third-order valence-electron chi connectivity index (χ3n) is 2.70. The molecular formula is C13H14ClN3O2. The molecule has 2 aromatic heterocycles. The van der Waals surface area contributed by atoms with Crippen molar-refractivity contribution in [2.45, 2.75) is 19.9 Å². The number of rotatable bonds is 4. The van der Waals surface area contributed by atoms with Crippen molar-refractivity contribution in [3.05, 3.63) is 40.9 Å². The molecule has 0 unspecified atom stereocenters. The molecule has 0 saturated heterocycles. The molecule has 2 heterocycles. The second-order valence-corrected chi connectivity index (χ2v) is 4.69. The summed E-state index contributed by atoms with van der Waals surface area (Å²) in [7, 11) is 1.50. The Morgan fingerprint density at radius 2 is 2.16 bits per heavy atom. The van der Waals surface area contributed by atoms with E-state index in [4.69, 9.17) is 16.3 Å².